The summed E-state index contributed by atoms with van der Waals surface area (Å²) in [5.74, 6) is 1.50. The molecule has 2 N–H and O–H groups in total. The summed E-state index contributed by atoms with van der Waals surface area (Å²) < 4.78 is 10.8. The molecule has 0 aliphatic heterocycles. The van der Waals surface area contributed by atoms with E-state index in [-0.39, 0.29) is 6.04 Å². The van der Waals surface area contributed by atoms with E-state index >= 15 is 0 Å². The number of hydrogen-bond acceptors (Lipinski definition) is 3. The highest BCUT2D eigenvalue weighted by molar-refractivity contribution is 5.73. The highest BCUT2D eigenvalue weighted by Crippen LogP contribution is 2.37. The van der Waals surface area contributed by atoms with E-state index in [9.17, 15) is 0 Å². The molecule has 0 aromatic heterocycles. The van der Waals surface area contributed by atoms with Gasteiger partial charge in [-0.2, -0.15) is 0 Å². The average molecular weight is 271 g/mol. The first-order valence-corrected chi connectivity index (χ1v) is 6.71. The first-order valence-electron chi connectivity index (χ1n) is 6.71. The van der Waals surface area contributed by atoms with E-state index in [1.165, 1.54) is 5.56 Å². The van der Waals surface area contributed by atoms with Gasteiger partial charge in [-0.3, -0.25) is 0 Å². The Morgan fingerprint density at radius 1 is 1.00 bits per heavy atom. The maximum atomic E-state index is 5.82. The van der Waals surface area contributed by atoms with Crippen LogP contribution in [-0.4, -0.2) is 20.3 Å². The number of benzene rings is 2. The fourth-order valence-corrected chi connectivity index (χ4v) is 2.31. The third-order valence-corrected chi connectivity index (χ3v) is 3.23. The van der Waals surface area contributed by atoms with Gasteiger partial charge in [0.1, 0.15) is 0 Å². The van der Waals surface area contributed by atoms with E-state index in [1.807, 2.05) is 25.1 Å². The molecule has 0 fully saturated rings. The number of rotatable bonds is 5. The van der Waals surface area contributed by atoms with Crippen LogP contribution in [-0.2, 0) is 6.42 Å². The lowest BCUT2D eigenvalue weighted by Gasteiger charge is -2.13. The zero-order valence-corrected chi connectivity index (χ0v) is 12.2. The molecule has 106 valence electrons. The Kier molecular flexibility index (Phi) is 4.64. The van der Waals surface area contributed by atoms with Gasteiger partial charge in [0.2, 0.25) is 0 Å². The molecule has 1 atom stereocenters. The van der Waals surface area contributed by atoms with Crippen molar-refractivity contribution in [3.63, 3.8) is 0 Å². The Hall–Kier alpha value is -2.00. The monoisotopic (exact) mass is 271 g/mol. The summed E-state index contributed by atoms with van der Waals surface area (Å²) in [6.07, 6.45) is 0.884. The fraction of sp³-hybridized carbons (Fsp3) is 0.294. The van der Waals surface area contributed by atoms with Crippen LogP contribution in [0.25, 0.3) is 11.1 Å². The molecule has 20 heavy (non-hydrogen) atoms. The molecule has 2 aromatic rings. The summed E-state index contributed by atoms with van der Waals surface area (Å²) in [6.45, 7) is 2.01. The number of para-hydroxylation sites is 1. The van der Waals surface area contributed by atoms with Crippen LogP contribution in [0.1, 0.15) is 12.5 Å². The van der Waals surface area contributed by atoms with E-state index in [0.29, 0.717) is 0 Å². The summed E-state index contributed by atoms with van der Waals surface area (Å²) in [6, 6.07) is 14.5. The Morgan fingerprint density at radius 2 is 1.70 bits per heavy atom. The Bertz CT molecular complexity index is 562. The van der Waals surface area contributed by atoms with E-state index in [1.54, 1.807) is 14.2 Å². The van der Waals surface area contributed by atoms with Gasteiger partial charge in [0.05, 0.1) is 14.2 Å². The van der Waals surface area contributed by atoms with Gasteiger partial charge in [-0.25, -0.2) is 0 Å². The molecule has 0 saturated heterocycles. The second kappa shape index (κ2) is 6.44. The van der Waals surface area contributed by atoms with Gasteiger partial charge in [0.25, 0.3) is 0 Å². The molecule has 1 unspecified atom stereocenters. The van der Waals surface area contributed by atoms with Crippen molar-refractivity contribution in [1.82, 2.24) is 0 Å². The van der Waals surface area contributed by atoms with Gasteiger partial charge in [0, 0.05) is 11.6 Å². The van der Waals surface area contributed by atoms with Gasteiger partial charge in [0.15, 0.2) is 11.5 Å². The van der Waals surface area contributed by atoms with E-state index in [4.69, 9.17) is 15.2 Å². The van der Waals surface area contributed by atoms with Crippen molar-refractivity contribution in [3.05, 3.63) is 48.0 Å². The lowest BCUT2D eigenvalue weighted by atomic mass is 10.0. The number of methoxy groups -OCH3 is 2. The van der Waals surface area contributed by atoms with Crippen molar-refractivity contribution in [2.24, 2.45) is 5.73 Å². The van der Waals surface area contributed by atoms with Crippen LogP contribution in [0.3, 0.4) is 0 Å². The van der Waals surface area contributed by atoms with Gasteiger partial charge in [-0.15, -0.1) is 0 Å². The highest BCUT2D eigenvalue weighted by atomic mass is 16.5. The lowest BCUT2D eigenvalue weighted by molar-refractivity contribution is 0.356. The third-order valence-electron chi connectivity index (χ3n) is 3.23. The minimum atomic E-state index is 0.173. The second-order valence-electron chi connectivity index (χ2n) is 4.92. The zero-order chi connectivity index (χ0) is 14.5. The van der Waals surface area contributed by atoms with Crippen molar-refractivity contribution >= 4 is 0 Å². The molecule has 3 heteroatoms. The highest BCUT2D eigenvalue weighted by Gasteiger charge is 2.11. The molecule has 0 aliphatic carbocycles. The average Bonchev–Trinajstić information content (AvgIpc) is 2.46. The normalized spacial score (nSPS) is 12.0. The van der Waals surface area contributed by atoms with Crippen LogP contribution in [0, 0.1) is 0 Å². The Morgan fingerprint density at radius 3 is 2.25 bits per heavy atom. The molecule has 0 aliphatic rings. The number of hydrogen-bond donors (Lipinski definition) is 1. The van der Waals surface area contributed by atoms with Crippen molar-refractivity contribution in [2.75, 3.05) is 14.2 Å². The van der Waals surface area contributed by atoms with Gasteiger partial charge >= 0.3 is 0 Å². The first-order chi connectivity index (χ1) is 9.65. The largest absolute Gasteiger partial charge is 0.493 e. The molecule has 0 heterocycles. The molecule has 0 radical (unpaired) electrons. The summed E-state index contributed by atoms with van der Waals surface area (Å²) in [5, 5.41) is 0. The minimum absolute atomic E-state index is 0.173. The number of nitrogens with two attached hydrogens (primary N) is 1. The summed E-state index contributed by atoms with van der Waals surface area (Å²) in [7, 11) is 3.30. The van der Waals surface area contributed by atoms with E-state index in [0.717, 1.165) is 29.0 Å². The van der Waals surface area contributed by atoms with Crippen LogP contribution in [0.4, 0.5) is 0 Å². The predicted octanol–water partition coefficient (Wildman–Crippen LogP) is 3.26. The van der Waals surface area contributed by atoms with Crippen LogP contribution in [0.2, 0.25) is 0 Å². The van der Waals surface area contributed by atoms with Crippen LogP contribution in [0.5, 0.6) is 11.5 Å². The van der Waals surface area contributed by atoms with E-state index in [2.05, 4.69) is 24.3 Å². The van der Waals surface area contributed by atoms with Crippen molar-refractivity contribution in [2.45, 2.75) is 19.4 Å². The van der Waals surface area contributed by atoms with Crippen LogP contribution < -0.4 is 15.2 Å². The van der Waals surface area contributed by atoms with Gasteiger partial charge in [-0.05, 0) is 30.5 Å². The summed E-state index contributed by atoms with van der Waals surface area (Å²) in [4.78, 5) is 0. The smallest absolute Gasteiger partial charge is 0.168 e. The molecule has 0 amide bonds. The standard InChI is InChI=1S/C17H21NO2/c1-12(18)11-13-7-9-14(10-8-13)15-5-4-6-16(19-2)17(15)20-3/h4-10,12H,11,18H2,1-3H3. The minimum Gasteiger partial charge on any atom is -0.493 e. The number of ether oxygens (including phenoxy) is 2. The van der Waals surface area contributed by atoms with Gasteiger partial charge < -0.3 is 15.2 Å². The second-order valence-corrected chi connectivity index (χ2v) is 4.92. The molecular weight excluding hydrogens is 250 g/mol. The molecular formula is C17H21NO2. The predicted molar refractivity (Wildman–Crippen MR) is 82.3 cm³/mol. The summed E-state index contributed by atoms with van der Waals surface area (Å²) >= 11 is 0. The van der Waals surface area contributed by atoms with Gasteiger partial charge in [-0.1, -0.05) is 36.4 Å². The molecule has 2 aromatic carbocycles. The van der Waals surface area contributed by atoms with Crippen molar-refractivity contribution in [3.8, 4) is 22.6 Å². The van der Waals surface area contributed by atoms with Crippen molar-refractivity contribution in [1.29, 1.82) is 0 Å². The molecule has 0 spiro atoms. The van der Waals surface area contributed by atoms with Crippen LogP contribution >= 0.6 is 0 Å². The molecule has 0 saturated carbocycles. The fourth-order valence-electron chi connectivity index (χ4n) is 2.31. The van der Waals surface area contributed by atoms with Crippen molar-refractivity contribution < 1.29 is 9.47 Å². The zero-order valence-electron chi connectivity index (χ0n) is 12.2. The molecule has 2 rings (SSSR count). The Balaban J connectivity index is 2.36. The maximum Gasteiger partial charge on any atom is 0.168 e. The topological polar surface area (TPSA) is 44.5 Å². The lowest BCUT2D eigenvalue weighted by Crippen LogP contribution is -2.17. The first kappa shape index (κ1) is 14.4. The summed E-state index contributed by atoms with van der Waals surface area (Å²) in [5.41, 5.74) is 9.19. The quantitative estimate of drug-likeness (QED) is 0.907. The molecule has 3 nitrogen and oxygen atoms in total. The SMILES string of the molecule is COc1cccc(-c2ccc(CC(C)N)cc2)c1OC. The molecule has 0 bridgehead atoms. The maximum absolute atomic E-state index is 5.82. The van der Waals surface area contributed by atoms with E-state index < -0.39 is 0 Å². The van der Waals surface area contributed by atoms with Crippen LogP contribution in [0.15, 0.2) is 42.5 Å². The Labute approximate surface area is 120 Å². The third kappa shape index (κ3) is 3.11.